The fourth-order valence-corrected chi connectivity index (χ4v) is 3.17. The number of esters is 1. The van der Waals surface area contributed by atoms with Crippen molar-refractivity contribution in [1.82, 2.24) is 5.32 Å². The van der Waals surface area contributed by atoms with Crippen LogP contribution in [0.3, 0.4) is 0 Å². The lowest BCUT2D eigenvalue weighted by Gasteiger charge is -2.10. The Morgan fingerprint density at radius 1 is 1.00 bits per heavy atom. The standard InChI is InChI=1S/C20H23NO7S/c1-26-17-8-7-14(11-18(17)27-2)9-10-21-19(22)13-28-20(23)15-5-4-6-16(12-15)29(3,24)25/h4-8,11-12H,9-10,13H2,1-3H3,(H,21,22). The van der Waals surface area contributed by atoms with Crippen molar-refractivity contribution < 1.29 is 32.2 Å². The number of hydrogen-bond acceptors (Lipinski definition) is 7. The van der Waals surface area contributed by atoms with Gasteiger partial charge in [0.05, 0.1) is 24.7 Å². The molecule has 9 heteroatoms. The zero-order chi connectivity index (χ0) is 21.4. The summed E-state index contributed by atoms with van der Waals surface area (Å²) in [4.78, 5) is 23.9. The smallest absolute Gasteiger partial charge is 0.338 e. The number of benzene rings is 2. The van der Waals surface area contributed by atoms with Crippen molar-refractivity contribution in [1.29, 1.82) is 0 Å². The summed E-state index contributed by atoms with van der Waals surface area (Å²) in [5.74, 6) is -0.0163. The Hall–Kier alpha value is -3.07. The predicted molar refractivity (Wildman–Crippen MR) is 106 cm³/mol. The average molecular weight is 421 g/mol. The van der Waals surface area contributed by atoms with Crippen molar-refractivity contribution in [3.63, 3.8) is 0 Å². The first-order chi connectivity index (χ1) is 13.7. The molecule has 0 aliphatic rings. The van der Waals surface area contributed by atoms with Crippen molar-refractivity contribution in [3.05, 3.63) is 53.6 Å². The molecule has 1 N–H and O–H groups in total. The Morgan fingerprint density at radius 2 is 1.72 bits per heavy atom. The van der Waals surface area contributed by atoms with E-state index in [0.29, 0.717) is 24.5 Å². The summed E-state index contributed by atoms with van der Waals surface area (Å²) < 4.78 is 38.5. The number of hydrogen-bond donors (Lipinski definition) is 1. The summed E-state index contributed by atoms with van der Waals surface area (Å²) in [6, 6.07) is 10.9. The molecular weight excluding hydrogens is 398 g/mol. The SMILES string of the molecule is COc1ccc(CCNC(=O)COC(=O)c2cccc(S(C)(=O)=O)c2)cc1OC. The van der Waals surface area contributed by atoms with Crippen molar-refractivity contribution in [2.24, 2.45) is 0 Å². The molecule has 0 bridgehead atoms. The third-order valence-corrected chi connectivity index (χ3v) is 5.13. The van der Waals surface area contributed by atoms with E-state index >= 15 is 0 Å². The van der Waals surface area contributed by atoms with Crippen LogP contribution < -0.4 is 14.8 Å². The molecule has 0 saturated heterocycles. The van der Waals surface area contributed by atoms with Crippen molar-refractivity contribution >= 4 is 21.7 Å². The molecule has 29 heavy (non-hydrogen) atoms. The fraction of sp³-hybridized carbons (Fsp3) is 0.300. The van der Waals surface area contributed by atoms with E-state index < -0.39 is 28.3 Å². The molecule has 2 aromatic carbocycles. The van der Waals surface area contributed by atoms with Gasteiger partial charge in [0.25, 0.3) is 5.91 Å². The molecule has 0 aliphatic carbocycles. The van der Waals surface area contributed by atoms with Gasteiger partial charge < -0.3 is 19.5 Å². The van der Waals surface area contributed by atoms with Gasteiger partial charge in [-0.2, -0.15) is 0 Å². The summed E-state index contributed by atoms with van der Waals surface area (Å²) in [5, 5.41) is 2.66. The minimum atomic E-state index is -3.44. The van der Waals surface area contributed by atoms with E-state index in [1.165, 1.54) is 24.3 Å². The first-order valence-electron chi connectivity index (χ1n) is 8.69. The van der Waals surface area contributed by atoms with Gasteiger partial charge in [0.15, 0.2) is 27.9 Å². The lowest BCUT2D eigenvalue weighted by molar-refractivity contribution is -0.124. The van der Waals surface area contributed by atoms with Crippen molar-refractivity contribution in [3.8, 4) is 11.5 Å². The van der Waals surface area contributed by atoms with Crippen LogP contribution in [-0.4, -0.2) is 53.9 Å². The van der Waals surface area contributed by atoms with Gasteiger partial charge in [0.2, 0.25) is 0 Å². The topological polar surface area (TPSA) is 108 Å². The molecule has 0 unspecified atom stereocenters. The highest BCUT2D eigenvalue weighted by molar-refractivity contribution is 7.90. The molecule has 0 heterocycles. The Morgan fingerprint density at radius 3 is 2.38 bits per heavy atom. The monoisotopic (exact) mass is 421 g/mol. The molecule has 1 amide bonds. The molecule has 0 aromatic heterocycles. The van der Waals surface area contributed by atoms with Crippen LogP contribution >= 0.6 is 0 Å². The summed E-state index contributed by atoms with van der Waals surface area (Å²) >= 11 is 0. The Kier molecular flexibility index (Phi) is 7.60. The first kappa shape index (κ1) is 22.2. The van der Waals surface area contributed by atoms with Crippen LogP contribution in [0.25, 0.3) is 0 Å². The van der Waals surface area contributed by atoms with Gasteiger partial charge in [-0.05, 0) is 42.3 Å². The van der Waals surface area contributed by atoms with Gasteiger partial charge in [0.1, 0.15) is 0 Å². The fourth-order valence-electron chi connectivity index (χ4n) is 2.50. The maximum Gasteiger partial charge on any atom is 0.338 e. The quantitative estimate of drug-likeness (QED) is 0.613. The second-order valence-corrected chi connectivity index (χ2v) is 8.18. The number of sulfone groups is 1. The zero-order valence-electron chi connectivity index (χ0n) is 16.4. The summed E-state index contributed by atoms with van der Waals surface area (Å²) in [5.41, 5.74) is 1.00. The van der Waals surface area contributed by atoms with Gasteiger partial charge in [-0.3, -0.25) is 4.79 Å². The maximum atomic E-state index is 12.0. The van der Waals surface area contributed by atoms with E-state index in [2.05, 4.69) is 5.32 Å². The third kappa shape index (κ3) is 6.49. The van der Waals surface area contributed by atoms with E-state index in [1.54, 1.807) is 20.3 Å². The van der Waals surface area contributed by atoms with Gasteiger partial charge in [-0.1, -0.05) is 12.1 Å². The molecule has 2 aromatic rings. The Bertz CT molecular complexity index is 986. The van der Waals surface area contributed by atoms with Crippen LogP contribution in [0.2, 0.25) is 0 Å². The number of carbonyl (C=O) groups is 2. The van der Waals surface area contributed by atoms with E-state index in [-0.39, 0.29) is 10.5 Å². The molecule has 8 nitrogen and oxygen atoms in total. The third-order valence-electron chi connectivity index (χ3n) is 4.02. The predicted octanol–water partition coefficient (Wildman–Crippen LogP) is 1.62. The van der Waals surface area contributed by atoms with Gasteiger partial charge in [0, 0.05) is 12.8 Å². The van der Waals surface area contributed by atoms with E-state index in [0.717, 1.165) is 11.8 Å². The van der Waals surface area contributed by atoms with Crippen molar-refractivity contribution in [2.75, 3.05) is 33.6 Å². The number of carbonyl (C=O) groups excluding carboxylic acids is 2. The van der Waals surface area contributed by atoms with Crippen LogP contribution in [0.4, 0.5) is 0 Å². The van der Waals surface area contributed by atoms with E-state index in [9.17, 15) is 18.0 Å². The molecule has 2 rings (SSSR count). The summed E-state index contributed by atoms with van der Waals surface area (Å²) in [6.07, 6.45) is 1.60. The second kappa shape index (κ2) is 9.92. The highest BCUT2D eigenvalue weighted by Crippen LogP contribution is 2.27. The largest absolute Gasteiger partial charge is 0.493 e. The minimum Gasteiger partial charge on any atom is -0.493 e. The maximum absolute atomic E-state index is 12.0. The Labute approximate surface area is 169 Å². The lowest BCUT2D eigenvalue weighted by Crippen LogP contribution is -2.30. The van der Waals surface area contributed by atoms with Crippen LogP contribution in [0.5, 0.6) is 11.5 Å². The van der Waals surface area contributed by atoms with E-state index in [1.807, 2.05) is 12.1 Å². The number of nitrogens with one attached hydrogen (secondary N) is 1. The average Bonchev–Trinajstić information content (AvgIpc) is 2.71. The normalized spacial score (nSPS) is 10.9. The molecule has 0 fully saturated rings. The number of rotatable bonds is 9. The number of methoxy groups -OCH3 is 2. The summed E-state index contributed by atoms with van der Waals surface area (Å²) in [6.45, 7) is -0.122. The molecule has 0 atom stereocenters. The molecule has 156 valence electrons. The van der Waals surface area contributed by atoms with Gasteiger partial charge >= 0.3 is 5.97 Å². The molecule has 0 aliphatic heterocycles. The molecule has 0 spiro atoms. The van der Waals surface area contributed by atoms with Crippen LogP contribution in [0.15, 0.2) is 47.4 Å². The minimum absolute atomic E-state index is 0.00585. The molecule has 0 saturated carbocycles. The van der Waals surface area contributed by atoms with Gasteiger partial charge in [-0.25, -0.2) is 13.2 Å². The van der Waals surface area contributed by atoms with Crippen LogP contribution in [-0.2, 0) is 25.8 Å². The van der Waals surface area contributed by atoms with Gasteiger partial charge in [-0.15, -0.1) is 0 Å². The van der Waals surface area contributed by atoms with Crippen LogP contribution in [0, 0.1) is 0 Å². The molecule has 0 radical (unpaired) electrons. The van der Waals surface area contributed by atoms with E-state index in [4.69, 9.17) is 14.2 Å². The zero-order valence-corrected chi connectivity index (χ0v) is 17.2. The number of ether oxygens (including phenoxy) is 3. The highest BCUT2D eigenvalue weighted by atomic mass is 32.2. The highest BCUT2D eigenvalue weighted by Gasteiger charge is 2.14. The van der Waals surface area contributed by atoms with Crippen molar-refractivity contribution in [2.45, 2.75) is 11.3 Å². The second-order valence-electron chi connectivity index (χ2n) is 6.17. The molecular formula is C20H23NO7S. The van der Waals surface area contributed by atoms with Crippen LogP contribution in [0.1, 0.15) is 15.9 Å². The summed E-state index contributed by atoms with van der Waals surface area (Å²) in [7, 11) is -0.345. The first-order valence-corrected chi connectivity index (χ1v) is 10.6. The Balaban J connectivity index is 1.82. The number of amides is 1. The lowest BCUT2D eigenvalue weighted by atomic mass is 10.1.